The molecule has 0 aliphatic carbocycles. The molecule has 1 aliphatic heterocycles. The number of furan rings is 1. The molecule has 1 atom stereocenters. The van der Waals surface area contributed by atoms with Crippen LogP contribution in [0.3, 0.4) is 0 Å². The van der Waals surface area contributed by atoms with Crippen LogP contribution in [-0.2, 0) is 11.3 Å². The Morgan fingerprint density at radius 3 is 2.68 bits per heavy atom. The van der Waals surface area contributed by atoms with Crippen LogP contribution in [0.4, 0.5) is 0 Å². The molecule has 4 rings (SSSR count). The minimum absolute atomic E-state index is 0.0188. The maximum atomic E-state index is 13.2. The lowest BCUT2D eigenvalue weighted by molar-refractivity contribution is -0.134. The van der Waals surface area contributed by atoms with E-state index in [0.29, 0.717) is 34.2 Å². The molecule has 3 aromatic rings. The van der Waals surface area contributed by atoms with Gasteiger partial charge in [0.25, 0.3) is 11.5 Å². The summed E-state index contributed by atoms with van der Waals surface area (Å²) in [5.41, 5.74) is 1.94. The Balaban J connectivity index is 1.69. The molecule has 0 bridgehead atoms. The van der Waals surface area contributed by atoms with Crippen molar-refractivity contribution in [1.82, 2.24) is 14.8 Å². The van der Waals surface area contributed by atoms with Crippen molar-refractivity contribution >= 4 is 23.2 Å². The predicted octanol–water partition coefficient (Wildman–Crippen LogP) is 3.36. The third-order valence-electron chi connectivity index (χ3n) is 5.25. The van der Waals surface area contributed by atoms with Crippen LogP contribution >= 0.6 is 11.6 Å². The molecule has 0 radical (unpaired) electrons. The van der Waals surface area contributed by atoms with Gasteiger partial charge in [-0.1, -0.05) is 23.7 Å². The van der Waals surface area contributed by atoms with Gasteiger partial charge in [-0.2, -0.15) is 15.5 Å². The molecule has 156 valence electrons. The van der Waals surface area contributed by atoms with E-state index in [2.05, 4.69) is 10.2 Å². The molecule has 1 aromatic carbocycles. The average Bonchev–Trinajstić information content (AvgIpc) is 3.43. The fourth-order valence-electron chi connectivity index (χ4n) is 3.47. The monoisotopic (exact) mass is 435 g/mol. The highest BCUT2D eigenvalue weighted by Crippen LogP contribution is 2.33. The molecule has 0 saturated heterocycles. The quantitative estimate of drug-likeness (QED) is 0.624. The number of nitrogens with zero attached hydrogens (tertiary/aromatic N) is 5. The number of rotatable bonds is 4. The fourth-order valence-corrected chi connectivity index (χ4v) is 3.60. The Hall–Kier alpha value is -3.70. The number of nitriles is 1. The summed E-state index contributed by atoms with van der Waals surface area (Å²) in [4.78, 5) is 25.8. The number of aryl methyl sites for hydroxylation is 1. The largest absolute Gasteiger partial charge is 0.467 e. The standard InChI is InChI=1S/C22H18ClN5O3/c1-13-14(2)25-27(22(30)17(13)11-24)12-21(29)28-19(20-4-3-9-31-20)10-18(26-28)15-5-7-16(23)8-6-15/h3-9,19H,10,12H2,1-2H3. The van der Waals surface area contributed by atoms with E-state index in [1.54, 1.807) is 38.1 Å². The Kier molecular flexibility index (Phi) is 5.44. The minimum atomic E-state index is -0.602. The third-order valence-corrected chi connectivity index (χ3v) is 5.50. The first-order valence-corrected chi connectivity index (χ1v) is 9.94. The molecule has 0 spiro atoms. The van der Waals surface area contributed by atoms with Crippen LogP contribution in [0, 0.1) is 25.2 Å². The summed E-state index contributed by atoms with van der Waals surface area (Å²) in [6.07, 6.45) is 1.98. The second-order valence-corrected chi connectivity index (χ2v) is 7.62. The van der Waals surface area contributed by atoms with Crippen LogP contribution < -0.4 is 5.56 Å². The van der Waals surface area contributed by atoms with Crippen molar-refractivity contribution in [3.05, 3.63) is 86.2 Å². The van der Waals surface area contributed by atoms with Crippen LogP contribution in [0.15, 0.2) is 57.0 Å². The zero-order valence-corrected chi connectivity index (χ0v) is 17.6. The number of hydrogen-bond acceptors (Lipinski definition) is 6. The van der Waals surface area contributed by atoms with Crippen molar-refractivity contribution in [2.24, 2.45) is 5.10 Å². The third kappa shape index (κ3) is 3.88. The molecule has 8 nitrogen and oxygen atoms in total. The normalized spacial score (nSPS) is 15.6. The molecule has 9 heteroatoms. The van der Waals surface area contributed by atoms with Crippen LogP contribution in [0.2, 0.25) is 5.02 Å². The summed E-state index contributed by atoms with van der Waals surface area (Å²) in [5, 5.41) is 19.9. The number of benzene rings is 1. The van der Waals surface area contributed by atoms with E-state index in [9.17, 15) is 14.9 Å². The zero-order valence-electron chi connectivity index (χ0n) is 16.9. The van der Waals surface area contributed by atoms with Crippen LogP contribution in [0.1, 0.15) is 40.6 Å². The highest BCUT2D eigenvalue weighted by molar-refractivity contribution is 6.30. The average molecular weight is 436 g/mol. The molecule has 1 unspecified atom stereocenters. The second-order valence-electron chi connectivity index (χ2n) is 7.19. The topological polar surface area (TPSA) is 104 Å². The van der Waals surface area contributed by atoms with Gasteiger partial charge >= 0.3 is 0 Å². The molecular weight excluding hydrogens is 418 g/mol. The molecule has 1 aliphatic rings. The lowest BCUT2D eigenvalue weighted by Crippen LogP contribution is -2.36. The summed E-state index contributed by atoms with van der Waals surface area (Å²) in [6, 6.07) is 12.2. The SMILES string of the molecule is Cc1nn(CC(=O)N2N=C(c3ccc(Cl)cc3)CC2c2ccco2)c(=O)c(C#N)c1C. The van der Waals surface area contributed by atoms with Crippen LogP contribution in [0.5, 0.6) is 0 Å². The van der Waals surface area contributed by atoms with E-state index >= 15 is 0 Å². The van der Waals surface area contributed by atoms with Gasteiger partial charge in [0.15, 0.2) is 0 Å². The highest BCUT2D eigenvalue weighted by Gasteiger charge is 2.35. The number of hydrogen-bond donors (Lipinski definition) is 0. The van der Waals surface area contributed by atoms with Gasteiger partial charge in [-0.15, -0.1) is 0 Å². The Labute approximate surface area is 183 Å². The molecule has 1 amide bonds. The first-order valence-electron chi connectivity index (χ1n) is 9.56. The van der Waals surface area contributed by atoms with Crippen LogP contribution in [0.25, 0.3) is 0 Å². The van der Waals surface area contributed by atoms with Gasteiger partial charge in [0.2, 0.25) is 0 Å². The van der Waals surface area contributed by atoms with E-state index in [1.165, 1.54) is 11.3 Å². The van der Waals surface area contributed by atoms with E-state index in [-0.39, 0.29) is 12.1 Å². The smallest absolute Gasteiger partial charge is 0.285 e. The second kappa shape index (κ2) is 8.20. The molecule has 31 heavy (non-hydrogen) atoms. The maximum Gasteiger partial charge on any atom is 0.285 e. The van der Waals surface area contributed by atoms with Crippen molar-refractivity contribution in [2.75, 3.05) is 0 Å². The minimum Gasteiger partial charge on any atom is -0.467 e. The van der Waals surface area contributed by atoms with Crippen LogP contribution in [-0.4, -0.2) is 26.4 Å². The van der Waals surface area contributed by atoms with Gasteiger partial charge in [0, 0.05) is 11.4 Å². The summed E-state index contributed by atoms with van der Waals surface area (Å²) in [7, 11) is 0. The fraction of sp³-hybridized carbons (Fsp3) is 0.227. The van der Waals surface area contributed by atoms with Crippen molar-refractivity contribution in [2.45, 2.75) is 32.9 Å². The molecule has 0 saturated carbocycles. The number of carbonyl (C=O) groups is 1. The Morgan fingerprint density at radius 2 is 2.03 bits per heavy atom. The van der Waals surface area contributed by atoms with Gasteiger partial charge in [-0.3, -0.25) is 9.59 Å². The van der Waals surface area contributed by atoms with E-state index in [4.69, 9.17) is 16.0 Å². The Morgan fingerprint density at radius 1 is 1.29 bits per heavy atom. The number of aromatic nitrogens is 2. The van der Waals surface area contributed by atoms with E-state index in [0.717, 1.165) is 10.2 Å². The van der Waals surface area contributed by atoms with Gasteiger partial charge < -0.3 is 4.42 Å². The zero-order chi connectivity index (χ0) is 22.1. The summed E-state index contributed by atoms with van der Waals surface area (Å²) < 4.78 is 6.54. The van der Waals surface area contributed by atoms with Crippen molar-refractivity contribution < 1.29 is 9.21 Å². The molecule has 0 N–H and O–H groups in total. The van der Waals surface area contributed by atoms with E-state index < -0.39 is 17.5 Å². The summed E-state index contributed by atoms with van der Waals surface area (Å²) in [6.45, 7) is 3.00. The van der Waals surface area contributed by atoms with Crippen molar-refractivity contribution in [1.29, 1.82) is 5.26 Å². The first-order chi connectivity index (χ1) is 14.9. The lowest BCUT2D eigenvalue weighted by atomic mass is 10.0. The molecule has 0 fully saturated rings. The van der Waals surface area contributed by atoms with Gasteiger partial charge in [-0.05, 0) is 49.2 Å². The Bertz CT molecular complexity index is 1270. The number of carbonyl (C=O) groups excluding carboxylic acids is 1. The molecule has 2 aromatic heterocycles. The van der Waals surface area contributed by atoms with Gasteiger partial charge in [-0.25, -0.2) is 9.69 Å². The van der Waals surface area contributed by atoms with Gasteiger partial charge in [0.1, 0.15) is 30.0 Å². The van der Waals surface area contributed by atoms with E-state index in [1.807, 2.05) is 18.2 Å². The first kappa shape index (κ1) is 20.6. The summed E-state index contributed by atoms with van der Waals surface area (Å²) in [5.74, 6) is 0.145. The number of amides is 1. The number of hydrazone groups is 1. The van der Waals surface area contributed by atoms with Crippen molar-refractivity contribution in [3.63, 3.8) is 0 Å². The van der Waals surface area contributed by atoms with Gasteiger partial charge in [0.05, 0.1) is 17.7 Å². The lowest BCUT2D eigenvalue weighted by Gasteiger charge is -2.20. The predicted molar refractivity (Wildman–Crippen MR) is 114 cm³/mol. The van der Waals surface area contributed by atoms with Crippen molar-refractivity contribution in [3.8, 4) is 6.07 Å². The molecular formula is C22H18ClN5O3. The maximum absolute atomic E-state index is 13.2. The number of halogens is 1. The molecule has 3 heterocycles. The highest BCUT2D eigenvalue weighted by atomic mass is 35.5. The summed E-state index contributed by atoms with van der Waals surface area (Å²) >= 11 is 5.98.